The van der Waals surface area contributed by atoms with Crippen molar-refractivity contribution in [3.8, 4) is 11.5 Å². The summed E-state index contributed by atoms with van der Waals surface area (Å²) in [5.74, 6) is -0.687. The Morgan fingerprint density at radius 2 is 1.78 bits per heavy atom. The number of benzene rings is 2. The third-order valence-electron chi connectivity index (χ3n) is 5.22. The molecule has 1 saturated heterocycles. The van der Waals surface area contributed by atoms with E-state index in [0.29, 0.717) is 32.8 Å². The molecule has 1 aromatic heterocycles. The lowest BCUT2D eigenvalue weighted by molar-refractivity contribution is -0.132. The van der Waals surface area contributed by atoms with Gasteiger partial charge in [-0.3, -0.25) is 19.5 Å². The zero-order chi connectivity index (χ0) is 22.8. The predicted molar refractivity (Wildman–Crippen MR) is 123 cm³/mol. The lowest BCUT2D eigenvalue weighted by atomic mass is 9.95. The van der Waals surface area contributed by atoms with Crippen LogP contribution in [0.25, 0.3) is 5.76 Å². The summed E-state index contributed by atoms with van der Waals surface area (Å²) in [4.78, 5) is 31.7. The van der Waals surface area contributed by atoms with Gasteiger partial charge < -0.3 is 14.6 Å². The van der Waals surface area contributed by atoms with Crippen LogP contribution in [0.15, 0.2) is 77.0 Å². The van der Waals surface area contributed by atoms with Crippen molar-refractivity contribution in [2.45, 2.75) is 6.04 Å². The number of aliphatic hydroxyl groups is 1. The van der Waals surface area contributed by atoms with Crippen LogP contribution in [0.4, 0.5) is 5.69 Å². The molecule has 8 heteroatoms. The second kappa shape index (κ2) is 8.84. The molecule has 0 aliphatic carbocycles. The molecule has 162 valence electrons. The van der Waals surface area contributed by atoms with Gasteiger partial charge in [0.05, 0.1) is 30.3 Å². The van der Waals surface area contributed by atoms with Crippen LogP contribution in [-0.4, -0.2) is 36.0 Å². The molecular weight excluding hydrogens is 476 g/mol. The van der Waals surface area contributed by atoms with E-state index in [4.69, 9.17) is 9.47 Å². The number of ketones is 1. The number of methoxy groups -OCH3 is 2. The van der Waals surface area contributed by atoms with Crippen molar-refractivity contribution < 1.29 is 24.2 Å². The average Bonchev–Trinajstić information content (AvgIpc) is 3.09. The number of anilines is 1. The van der Waals surface area contributed by atoms with Gasteiger partial charge in [-0.2, -0.15) is 0 Å². The van der Waals surface area contributed by atoms with Gasteiger partial charge in [0, 0.05) is 29.7 Å². The van der Waals surface area contributed by atoms with E-state index in [0.717, 1.165) is 0 Å². The van der Waals surface area contributed by atoms with E-state index >= 15 is 0 Å². The third kappa shape index (κ3) is 3.73. The normalized spacial score (nSPS) is 17.5. The Morgan fingerprint density at radius 3 is 2.44 bits per heavy atom. The minimum absolute atomic E-state index is 0.0129. The molecule has 1 aliphatic rings. The van der Waals surface area contributed by atoms with Crippen LogP contribution in [0.5, 0.6) is 11.5 Å². The van der Waals surface area contributed by atoms with Gasteiger partial charge in [0.1, 0.15) is 17.3 Å². The third-order valence-corrected chi connectivity index (χ3v) is 5.84. The molecule has 0 saturated carbocycles. The van der Waals surface area contributed by atoms with E-state index in [2.05, 4.69) is 20.9 Å². The molecule has 2 heterocycles. The number of rotatable bonds is 5. The zero-order valence-electron chi connectivity index (χ0n) is 17.3. The van der Waals surface area contributed by atoms with Crippen molar-refractivity contribution in [1.82, 2.24) is 4.98 Å². The Balaban J connectivity index is 1.93. The highest BCUT2D eigenvalue weighted by molar-refractivity contribution is 9.10. The second-order valence-electron chi connectivity index (χ2n) is 7.00. The van der Waals surface area contributed by atoms with E-state index in [1.165, 1.54) is 19.1 Å². The fourth-order valence-electron chi connectivity index (χ4n) is 3.69. The van der Waals surface area contributed by atoms with E-state index in [-0.39, 0.29) is 11.3 Å². The van der Waals surface area contributed by atoms with Gasteiger partial charge in [-0.05, 0) is 64.0 Å². The van der Waals surface area contributed by atoms with E-state index in [9.17, 15) is 14.7 Å². The maximum absolute atomic E-state index is 13.2. The monoisotopic (exact) mass is 494 g/mol. The van der Waals surface area contributed by atoms with Gasteiger partial charge in [-0.15, -0.1) is 0 Å². The first kappa shape index (κ1) is 21.6. The van der Waals surface area contributed by atoms with Gasteiger partial charge >= 0.3 is 0 Å². The van der Waals surface area contributed by atoms with Crippen molar-refractivity contribution >= 4 is 39.1 Å². The molecule has 0 bridgehead atoms. The number of carbonyl (C=O) groups is 2. The summed E-state index contributed by atoms with van der Waals surface area (Å²) in [5.41, 5.74) is 1.47. The van der Waals surface area contributed by atoms with Crippen molar-refractivity contribution in [3.63, 3.8) is 0 Å². The fourth-order valence-corrected chi connectivity index (χ4v) is 4.23. The molecular formula is C24H19BrN2O5. The summed E-state index contributed by atoms with van der Waals surface area (Å²) < 4.78 is 11.1. The maximum atomic E-state index is 13.2. The molecule has 1 unspecified atom stereocenters. The maximum Gasteiger partial charge on any atom is 0.300 e. The minimum atomic E-state index is -0.842. The van der Waals surface area contributed by atoms with Crippen molar-refractivity contribution in [2.75, 3.05) is 19.1 Å². The van der Waals surface area contributed by atoms with Crippen LogP contribution in [0.3, 0.4) is 0 Å². The zero-order valence-corrected chi connectivity index (χ0v) is 18.9. The first-order valence-corrected chi connectivity index (χ1v) is 10.4. The molecule has 1 N–H and O–H groups in total. The lowest BCUT2D eigenvalue weighted by Gasteiger charge is -2.25. The number of nitrogens with zero attached hydrogens (tertiary/aromatic N) is 2. The molecule has 4 rings (SSSR count). The van der Waals surface area contributed by atoms with Crippen LogP contribution >= 0.6 is 15.9 Å². The summed E-state index contributed by atoms with van der Waals surface area (Å²) >= 11 is 3.39. The molecule has 32 heavy (non-hydrogen) atoms. The Morgan fingerprint density at radius 1 is 1.03 bits per heavy atom. The Bertz CT molecular complexity index is 1230. The van der Waals surface area contributed by atoms with Crippen LogP contribution < -0.4 is 14.4 Å². The molecule has 1 fully saturated rings. The first-order valence-electron chi connectivity index (χ1n) is 9.65. The topological polar surface area (TPSA) is 89.0 Å². The largest absolute Gasteiger partial charge is 0.507 e. The van der Waals surface area contributed by atoms with Gasteiger partial charge in [-0.25, -0.2) is 0 Å². The van der Waals surface area contributed by atoms with E-state index in [1.54, 1.807) is 67.0 Å². The quantitative estimate of drug-likeness (QED) is 0.319. The first-order chi connectivity index (χ1) is 15.5. The number of ether oxygens (including phenoxy) is 2. The van der Waals surface area contributed by atoms with Crippen molar-refractivity contribution in [3.05, 3.63) is 88.2 Å². The number of carbonyl (C=O) groups excluding carboxylic acids is 2. The van der Waals surface area contributed by atoms with Crippen LogP contribution in [-0.2, 0) is 9.59 Å². The number of Topliss-reactive ketones (excluding diaryl/α,β-unsaturated/α-hetero) is 1. The Kier molecular flexibility index (Phi) is 5.96. The van der Waals surface area contributed by atoms with Crippen LogP contribution in [0, 0.1) is 0 Å². The molecule has 0 spiro atoms. The molecule has 1 aliphatic heterocycles. The number of hydrogen-bond acceptors (Lipinski definition) is 6. The highest BCUT2D eigenvalue weighted by atomic mass is 79.9. The number of pyridine rings is 1. The summed E-state index contributed by atoms with van der Waals surface area (Å²) in [6.07, 6.45) is 3.15. The SMILES string of the molecule is COc1cccc(N2C(=O)C(=O)/C(=C(/O)c3ccc(OC)c(Br)c3)C2c2ccncc2)c1. The molecule has 3 aromatic rings. The standard InChI is InChI=1S/C24H19BrN2O5/c1-31-17-5-3-4-16(13-17)27-21(14-8-10-26-11-9-14)20(23(29)24(27)30)22(28)15-6-7-19(32-2)18(25)12-15/h3-13,21,28H,1-2H3/b22-20+. The van der Waals surface area contributed by atoms with Crippen LogP contribution in [0.1, 0.15) is 17.2 Å². The molecule has 1 atom stereocenters. The Labute approximate surface area is 193 Å². The highest BCUT2D eigenvalue weighted by Gasteiger charge is 2.47. The summed E-state index contributed by atoms with van der Waals surface area (Å²) in [6, 6.07) is 14.4. The number of aromatic nitrogens is 1. The highest BCUT2D eigenvalue weighted by Crippen LogP contribution is 2.43. The van der Waals surface area contributed by atoms with Gasteiger partial charge in [0.25, 0.3) is 11.7 Å². The van der Waals surface area contributed by atoms with E-state index < -0.39 is 17.7 Å². The summed E-state index contributed by atoms with van der Waals surface area (Å²) in [6.45, 7) is 0. The molecule has 0 radical (unpaired) electrons. The van der Waals surface area contributed by atoms with Crippen LogP contribution in [0.2, 0.25) is 0 Å². The second-order valence-corrected chi connectivity index (χ2v) is 7.85. The average molecular weight is 495 g/mol. The summed E-state index contributed by atoms with van der Waals surface area (Å²) in [7, 11) is 3.05. The lowest BCUT2D eigenvalue weighted by Crippen LogP contribution is -2.29. The molecule has 7 nitrogen and oxygen atoms in total. The number of amides is 1. The number of hydrogen-bond donors (Lipinski definition) is 1. The number of aliphatic hydroxyl groups excluding tert-OH is 1. The van der Waals surface area contributed by atoms with E-state index in [1.807, 2.05) is 0 Å². The van der Waals surface area contributed by atoms with Crippen molar-refractivity contribution in [2.24, 2.45) is 0 Å². The number of halogens is 1. The van der Waals surface area contributed by atoms with Gasteiger partial charge in [0.15, 0.2) is 0 Å². The Hall–Kier alpha value is -3.65. The fraction of sp³-hybridized carbons (Fsp3) is 0.125. The molecule has 1 amide bonds. The molecule has 2 aromatic carbocycles. The summed E-state index contributed by atoms with van der Waals surface area (Å²) in [5, 5.41) is 11.2. The predicted octanol–water partition coefficient (Wildman–Crippen LogP) is 4.49. The van der Waals surface area contributed by atoms with Gasteiger partial charge in [0.2, 0.25) is 0 Å². The smallest absolute Gasteiger partial charge is 0.300 e. The minimum Gasteiger partial charge on any atom is -0.507 e. The van der Waals surface area contributed by atoms with Crippen molar-refractivity contribution in [1.29, 1.82) is 0 Å². The van der Waals surface area contributed by atoms with Gasteiger partial charge in [-0.1, -0.05) is 6.07 Å².